The highest BCUT2D eigenvalue weighted by molar-refractivity contribution is 8.00. The van der Waals surface area contributed by atoms with E-state index in [0.717, 1.165) is 6.42 Å². The van der Waals surface area contributed by atoms with Gasteiger partial charge in [-0.05, 0) is 58.8 Å². The van der Waals surface area contributed by atoms with Crippen LogP contribution in [-0.4, -0.2) is 68.4 Å². The second-order valence-corrected chi connectivity index (χ2v) is 12.4. The predicted molar refractivity (Wildman–Crippen MR) is 155 cm³/mol. The van der Waals surface area contributed by atoms with Crippen LogP contribution in [0, 0.1) is 11.7 Å². The second-order valence-electron chi connectivity index (χ2n) is 11.6. The van der Waals surface area contributed by atoms with Gasteiger partial charge in [0, 0.05) is 48.7 Å². The van der Waals surface area contributed by atoms with Crippen molar-refractivity contribution >= 4 is 34.7 Å². The number of nitrogens with zero attached hydrogens (tertiary/aromatic N) is 5. The molecule has 3 aromatic rings. The Morgan fingerprint density at radius 1 is 1.20 bits per heavy atom. The van der Waals surface area contributed by atoms with E-state index in [1.54, 1.807) is 6.07 Å². The summed E-state index contributed by atoms with van der Waals surface area (Å²) in [7, 11) is 3.76. The Morgan fingerprint density at radius 2 is 1.95 bits per heavy atom. The Labute approximate surface area is 240 Å². The molecule has 0 saturated heterocycles. The Hall–Kier alpha value is -2.93. The van der Waals surface area contributed by atoms with E-state index in [1.165, 1.54) is 34.8 Å². The van der Waals surface area contributed by atoms with E-state index in [9.17, 15) is 22.4 Å². The van der Waals surface area contributed by atoms with Crippen molar-refractivity contribution in [1.29, 1.82) is 0 Å². The van der Waals surface area contributed by atoms with Gasteiger partial charge >= 0.3 is 0 Å². The summed E-state index contributed by atoms with van der Waals surface area (Å²) in [6, 6.07) is 3.81. The van der Waals surface area contributed by atoms with Crippen LogP contribution in [-0.2, 0) is 0 Å². The van der Waals surface area contributed by atoms with Gasteiger partial charge < -0.3 is 14.9 Å². The van der Waals surface area contributed by atoms with Crippen molar-refractivity contribution in [3.05, 3.63) is 40.6 Å². The van der Waals surface area contributed by atoms with Gasteiger partial charge in [0.2, 0.25) is 11.9 Å². The number of hydrogen-bond acceptors (Lipinski definition) is 8. The van der Waals surface area contributed by atoms with Gasteiger partial charge in [-0.15, -0.1) is 0 Å². The lowest BCUT2D eigenvalue weighted by Gasteiger charge is -2.35. The van der Waals surface area contributed by atoms with Crippen LogP contribution in [0.4, 0.5) is 29.2 Å². The summed E-state index contributed by atoms with van der Waals surface area (Å²) in [4.78, 5) is 28.9. The van der Waals surface area contributed by atoms with Crippen molar-refractivity contribution in [1.82, 2.24) is 24.4 Å². The molecule has 0 radical (unpaired) electrons. The molecule has 2 fully saturated rings. The molecule has 2 N–H and O–H groups in total. The van der Waals surface area contributed by atoms with Crippen LogP contribution >= 0.6 is 11.9 Å². The number of nitrogens with one attached hydrogen (secondary N) is 2. The SMILES string of the molecule is CC(C)n1c(=O)c(-c2ccc(NSCC3CC(F)(F)C3)c(F)c2)nc2cnc(NC3CCC(N(C)C)C(F)C3)nc21. The number of hydrogen-bond donors (Lipinski definition) is 2. The molecular formula is C28H35F4N7OS. The van der Waals surface area contributed by atoms with E-state index in [2.05, 4.69) is 25.0 Å². The largest absolute Gasteiger partial charge is 0.351 e. The number of alkyl halides is 3. The molecule has 2 aromatic heterocycles. The highest BCUT2D eigenvalue weighted by Gasteiger charge is 2.44. The zero-order chi connectivity index (χ0) is 29.5. The number of anilines is 2. The van der Waals surface area contributed by atoms with Gasteiger partial charge in [-0.25, -0.2) is 27.5 Å². The zero-order valence-electron chi connectivity index (χ0n) is 23.5. The maximum absolute atomic E-state index is 15.0. The first-order chi connectivity index (χ1) is 19.4. The fourth-order valence-corrected chi connectivity index (χ4v) is 6.49. The molecule has 1 aromatic carbocycles. The predicted octanol–water partition coefficient (Wildman–Crippen LogP) is 5.91. The van der Waals surface area contributed by atoms with Gasteiger partial charge in [-0.3, -0.25) is 9.36 Å². The summed E-state index contributed by atoms with van der Waals surface area (Å²) in [6.07, 6.45) is 2.08. The van der Waals surface area contributed by atoms with Crippen LogP contribution in [0.25, 0.3) is 22.4 Å². The lowest BCUT2D eigenvalue weighted by Crippen LogP contribution is -2.44. The first kappa shape index (κ1) is 29.6. The van der Waals surface area contributed by atoms with Crippen LogP contribution in [0.5, 0.6) is 0 Å². The molecule has 5 rings (SSSR count). The van der Waals surface area contributed by atoms with E-state index >= 15 is 0 Å². The maximum atomic E-state index is 15.0. The Morgan fingerprint density at radius 3 is 2.59 bits per heavy atom. The number of benzene rings is 1. The summed E-state index contributed by atoms with van der Waals surface area (Å²) in [5, 5.41) is 3.22. The normalized spacial score (nSPS) is 22.7. The molecule has 222 valence electrons. The molecule has 3 atom stereocenters. The third kappa shape index (κ3) is 6.45. The molecule has 0 aliphatic heterocycles. The van der Waals surface area contributed by atoms with Gasteiger partial charge in [0.1, 0.15) is 23.2 Å². The molecule has 0 amide bonds. The third-order valence-electron chi connectivity index (χ3n) is 7.80. The molecule has 2 heterocycles. The van der Waals surface area contributed by atoms with Crippen LogP contribution < -0.4 is 15.6 Å². The van der Waals surface area contributed by atoms with Crippen molar-refractivity contribution < 1.29 is 17.6 Å². The molecule has 2 aliphatic rings. The summed E-state index contributed by atoms with van der Waals surface area (Å²) < 4.78 is 60.1. The minimum atomic E-state index is -2.58. The lowest BCUT2D eigenvalue weighted by molar-refractivity contribution is -0.103. The smallest absolute Gasteiger partial charge is 0.278 e. The average molecular weight is 594 g/mol. The molecule has 41 heavy (non-hydrogen) atoms. The van der Waals surface area contributed by atoms with E-state index in [1.807, 2.05) is 32.8 Å². The molecule has 8 nitrogen and oxygen atoms in total. The second kappa shape index (κ2) is 11.7. The van der Waals surface area contributed by atoms with E-state index < -0.39 is 23.5 Å². The highest BCUT2D eigenvalue weighted by atomic mass is 32.2. The van der Waals surface area contributed by atoms with Crippen molar-refractivity contribution in [2.45, 2.75) is 76.2 Å². The van der Waals surface area contributed by atoms with Crippen LogP contribution in [0.3, 0.4) is 0 Å². The van der Waals surface area contributed by atoms with E-state index in [-0.39, 0.29) is 48.3 Å². The van der Waals surface area contributed by atoms with Crippen molar-refractivity contribution in [3.63, 3.8) is 0 Å². The third-order valence-corrected chi connectivity index (χ3v) is 8.80. The standard InChI is InChI=1S/C28H35F4N7OS/c1-15(2)39-25-22(13-33-27(36-25)34-18-6-8-23(38(3)4)20(30)10-18)35-24(26(39)40)17-5-7-21(19(29)9-17)37-41-14-16-11-28(31,32)12-16/h5,7,9,13,15-16,18,20,23,37H,6,8,10-12,14H2,1-4H3,(H,33,34,36). The zero-order valence-corrected chi connectivity index (χ0v) is 24.3. The lowest BCUT2D eigenvalue weighted by atomic mass is 9.83. The quantitative estimate of drug-likeness (QED) is 0.234. The molecule has 0 bridgehead atoms. The van der Waals surface area contributed by atoms with E-state index in [0.29, 0.717) is 41.3 Å². The summed E-state index contributed by atoms with van der Waals surface area (Å²) >= 11 is 1.18. The number of aromatic nitrogens is 4. The fraction of sp³-hybridized carbons (Fsp3) is 0.571. The first-order valence-electron chi connectivity index (χ1n) is 13.8. The molecular weight excluding hydrogens is 558 g/mol. The molecule has 2 aliphatic carbocycles. The summed E-state index contributed by atoms with van der Waals surface area (Å²) in [6.45, 7) is 3.69. The Balaban J connectivity index is 1.35. The topological polar surface area (TPSA) is 88.0 Å². The van der Waals surface area contributed by atoms with Gasteiger partial charge in [-0.1, -0.05) is 18.0 Å². The first-order valence-corrected chi connectivity index (χ1v) is 14.8. The molecule has 0 spiro atoms. The van der Waals surface area contributed by atoms with Crippen molar-refractivity contribution in [3.8, 4) is 11.3 Å². The maximum Gasteiger partial charge on any atom is 0.278 e. The average Bonchev–Trinajstić information content (AvgIpc) is 2.87. The summed E-state index contributed by atoms with van der Waals surface area (Å²) in [5.74, 6) is -2.52. The molecule has 2 saturated carbocycles. The van der Waals surface area contributed by atoms with Gasteiger partial charge in [-0.2, -0.15) is 4.98 Å². The minimum Gasteiger partial charge on any atom is -0.351 e. The Bertz CT molecular complexity index is 1460. The molecule has 13 heteroatoms. The van der Waals surface area contributed by atoms with Gasteiger partial charge in [0.05, 0.1) is 11.9 Å². The number of fused-ring (bicyclic) bond motifs is 1. The van der Waals surface area contributed by atoms with Crippen LogP contribution in [0.2, 0.25) is 0 Å². The molecule has 3 unspecified atom stereocenters. The van der Waals surface area contributed by atoms with Gasteiger partial charge in [0.15, 0.2) is 5.65 Å². The monoisotopic (exact) mass is 593 g/mol. The van der Waals surface area contributed by atoms with E-state index in [4.69, 9.17) is 0 Å². The number of halogens is 4. The van der Waals surface area contributed by atoms with Crippen molar-refractivity contribution in [2.75, 3.05) is 29.9 Å². The van der Waals surface area contributed by atoms with Crippen LogP contribution in [0.15, 0.2) is 29.2 Å². The summed E-state index contributed by atoms with van der Waals surface area (Å²) in [5.41, 5.74) is 0.840. The fourth-order valence-electron chi connectivity index (χ4n) is 5.62. The highest BCUT2D eigenvalue weighted by Crippen LogP contribution is 2.43. The van der Waals surface area contributed by atoms with Crippen LogP contribution in [0.1, 0.15) is 52.0 Å². The van der Waals surface area contributed by atoms with Gasteiger partial charge in [0.25, 0.3) is 5.56 Å². The number of rotatable bonds is 9. The minimum absolute atomic E-state index is 0.0626. The Kier molecular flexibility index (Phi) is 8.47. The van der Waals surface area contributed by atoms with Crippen molar-refractivity contribution in [2.24, 2.45) is 5.92 Å².